The first-order valence-electron chi connectivity index (χ1n) is 10.4. The lowest BCUT2D eigenvalue weighted by Crippen LogP contribution is -2.48. The number of carbonyl (C=O) groups is 1. The molecule has 1 aliphatic heterocycles. The number of aromatic nitrogens is 1. The molecular formula is C22H28FN3OS. The van der Waals surface area contributed by atoms with Crippen LogP contribution >= 0.6 is 11.3 Å². The van der Waals surface area contributed by atoms with Gasteiger partial charge in [-0.15, -0.1) is 11.3 Å². The zero-order valence-electron chi connectivity index (χ0n) is 16.3. The third-order valence-electron chi connectivity index (χ3n) is 5.96. The van der Waals surface area contributed by atoms with Gasteiger partial charge in [-0.1, -0.05) is 19.3 Å². The van der Waals surface area contributed by atoms with E-state index in [9.17, 15) is 9.18 Å². The summed E-state index contributed by atoms with van der Waals surface area (Å²) >= 11 is 1.65. The average Bonchev–Trinajstić information content (AvgIpc) is 3.18. The van der Waals surface area contributed by atoms with E-state index < -0.39 is 0 Å². The number of nitrogens with zero attached hydrogens (tertiary/aromatic N) is 3. The van der Waals surface area contributed by atoms with Crippen molar-refractivity contribution in [1.82, 2.24) is 14.8 Å². The third-order valence-corrected chi connectivity index (χ3v) is 6.80. The van der Waals surface area contributed by atoms with Crippen molar-refractivity contribution in [2.75, 3.05) is 26.2 Å². The molecule has 28 heavy (non-hydrogen) atoms. The molecule has 1 aromatic carbocycles. The van der Waals surface area contributed by atoms with E-state index in [-0.39, 0.29) is 5.82 Å². The van der Waals surface area contributed by atoms with Gasteiger partial charge in [-0.2, -0.15) is 0 Å². The molecular weight excluding hydrogens is 373 g/mol. The van der Waals surface area contributed by atoms with Crippen molar-refractivity contribution in [3.63, 3.8) is 0 Å². The number of hydrogen-bond donors (Lipinski definition) is 0. The van der Waals surface area contributed by atoms with Crippen LogP contribution in [-0.2, 0) is 11.3 Å². The standard InChI is InChI=1S/C22H28FN3OS/c23-19-8-6-18(7-9-19)20-16-28-21(24-20)15-25-10-12-26(13-11-25)22(27)14-17-4-2-1-3-5-17/h6-9,16-17H,1-5,10-15H2. The molecule has 6 heteroatoms. The zero-order valence-corrected chi connectivity index (χ0v) is 17.1. The molecule has 0 bridgehead atoms. The first-order valence-corrected chi connectivity index (χ1v) is 11.3. The quantitative estimate of drug-likeness (QED) is 0.737. The molecule has 0 unspecified atom stereocenters. The Hall–Kier alpha value is -1.79. The van der Waals surface area contributed by atoms with Gasteiger partial charge in [0.05, 0.1) is 12.2 Å². The zero-order chi connectivity index (χ0) is 19.3. The highest BCUT2D eigenvalue weighted by molar-refractivity contribution is 7.09. The minimum absolute atomic E-state index is 0.227. The van der Waals surface area contributed by atoms with Crippen LogP contribution < -0.4 is 0 Å². The van der Waals surface area contributed by atoms with Crippen LogP contribution in [0, 0.1) is 11.7 Å². The molecule has 2 aliphatic rings. The predicted molar refractivity (Wildman–Crippen MR) is 111 cm³/mol. The van der Waals surface area contributed by atoms with Crippen molar-refractivity contribution in [3.05, 3.63) is 40.5 Å². The summed E-state index contributed by atoms with van der Waals surface area (Å²) in [5.41, 5.74) is 1.85. The lowest BCUT2D eigenvalue weighted by molar-refractivity contribution is -0.134. The first kappa shape index (κ1) is 19.5. The molecule has 1 aromatic heterocycles. The summed E-state index contributed by atoms with van der Waals surface area (Å²) in [6.07, 6.45) is 7.12. The maximum atomic E-state index is 13.1. The molecule has 4 nitrogen and oxygen atoms in total. The highest BCUT2D eigenvalue weighted by Gasteiger charge is 2.24. The van der Waals surface area contributed by atoms with Gasteiger partial charge in [0.1, 0.15) is 10.8 Å². The molecule has 2 fully saturated rings. The summed E-state index contributed by atoms with van der Waals surface area (Å²) in [5.74, 6) is 0.731. The van der Waals surface area contributed by atoms with E-state index in [1.165, 1.54) is 44.2 Å². The van der Waals surface area contributed by atoms with E-state index in [1.807, 2.05) is 5.38 Å². The summed E-state index contributed by atoms with van der Waals surface area (Å²) in [4.78, 5) is 21.7. The molecule has 0 radical (unpaired) electrons. The highest BCUT2D eigenvalue weighted by Crippen LogP contribution is 2.27. The molecule has 1 saturated carbocycles. The summed E-state index contributed by atoms with van der Waals surface area (Å²) in [5, 5.41) is 3.10. The second-order valence-electron chi connectivity index (χ2n) is 8.00. The van der Waals surface area contributed by atoms with Gasteiger partial charge in [-0.25, -0.2) is 9.37 Å². The molecule has 0 N–H and O–H groups in total. The van der Waals surface area contributed by atoms with E-state index >= 15 is 0 Å². The van der Waals surface area contributed by atoms with Crippen molar-refractivity contribution >= 4 is 17.2 Å². The smallest absolute Gasteiger partial charge is 0.222 e. The fourth-order valence-corrected chi connectivity index (χ4v) is 5.10. The minimum Gasteiger partial charge on any atom is -0.340 e. The van der Waals surface area contributed by atoms with Crippen LogP contribution in [0.2, 0.25) is 0 Å². The van der Waals surface area contributed by atoms with Gasteiger partial charge in [-0.05, 0) is 43.0 Å². The van der Waals surface area contributed by atoms with E-state index in [2.05, 4.69) is 9.80 Å². The molecule has 4 rings (SSSR count). The van der Waals surface area contributed by atoms with Gasteiger partial charge in [-0.3, -0.25) is 9.69 Å². The van der Waals surface area contributed by atoms with Crippen molar-refractivity contribution in [2.45, 2.75) is 45.1 Å². The fraction of sp³-hybridized carbons (Fsp3) is 0.545. The van der Waals surface area contributed by atoms with Crippen LogP contribution in [0.1, 0.15) is 43.5 Å². The molecule has 1 saturated heterocycles. The minimum atomic E-state index is -0.227. The van der Waals surface area contributed by atoms with Gasteiger partial charge in [0, 0.05) is 43.5 Å². The number of hydrogen-bond acceptors (Lipinski definition) is 4. The Bertz CT molecular complexity index is 777. The number of amides is 1. The monoisotopic (exact) mass is 401 g/mol. The molecule has 1 amide bonds. The highest BCUT2D eigenvalue weighted by atomic mass is 32.1. The molecule has 2 aromatic rings. The summed E-state index contributed by atoms with van der Waals surface area (Å²) < 4.78 is 13.1. The van der Waals surface area contributed by atoms with Crippen LogP contribution in [0.5, 0.6) is 0 Å². The molecule has 0 spiro atoms. The van der Waals surface area contributed by atoms with Crippen LogP contribution in [-0.4, -0.2) is 46.9 Å². The number of rotatable bonds is 5. The summed E-state index contributed by atoms with van der Waals surface area (Å²) in [7, 11) is 0. The van der Waals surface area contributed by atoms with E-state index in [0.717, 1.165) is 55.4 Å². The van der Waals surface area contributed by atoms with E-state index in [0.29, 0.717) is 11.8 Å². The van der Waals surface area contributed by atoms with Gasteiger partial charge in [0.15, 0.2) is 0 Å². The fourth-order valence-electron chi connectivity index (χ4n) is 4.25. The molecule has 150 valence electrons. The first-order chi connectivity index (χ1) is 13.7. The van der Waals surface area contributed by atoms with Crippen molar-refractivity contribution in [2.24, 2.45) is 5.92 Å². The number of thiazole rings is 1. The van der Waals surface area contributed by atoms with E-state index in [1.54, 1.807) is 23.5 Å². The van der Waals surface area contributed by atoms with Crippen LogP contribution in [0.4, 0.5) is 4.39 Å². The van der Waals surface area contributed by atoms with Crippen LogP contribution in [0.25, 0.3) is 11.3 Å². The van der Waals surface area contributed by atoms with Gasteiger partial charge < -0.3 is 4.90 Å². The predicted octanol–water partition coefficient (Wildman–Crippen LogP) is 4.56. The van der Waals surface area contributed by atoms with Crippen molar-refractivity contribution < 1.29 is 9.18 Å². The van der Waals surface area contributed by atoms with Crippen LogP contribution in [0.3, 0.4) is 0 Å². The topological polar surface area (TPSA) is 36.4 Å². The van der Waals surface area contributed by atoms with Crippen molar-refractivity contribution in [3.8, 4) is 11.3 Å². The number of piperazine rings is 1. The van der Waals surface area contributed by atoms with E-state index in [4.69, 9.17) is 4.98 Å². The second-order valence-corrected chi connectivity index (χ2v) is 8.94. The second kappa shape index (κ2) is 9.14. The third kappa shape index (κ3) is 4.97. The Morgan fingerprint density at radius 3 is 2.50 bits per heavy atom. The Morgan fingerprint density at radius 2 is 1.79 bits per heavy atom. The largest absolute Gasteiger partial charge is 0.340 e. The molecule has 1 aliphatic carbocycles. The Balaban J connectivity index is 1.25. The average molecular weight is 402 g/mol. The number of carbonyl (C=O) groups excluding carboxylic acids is 1. The normalized spacial score (nSPS) is 19.1. The van der Waals surface area contributed by atoms with Gasteiger partial charge in [0.25, 0.3) is 0 Å². The Labute approximate surface area is 170 Å². The van der Waals surface area contributed by atoms with Gasteiger partial charge in [0.2, 0.25) is 5.91 Å². The lowest BCUT2D eigenvalue weighted by atomic mass is 9.86. The lowest BCUT2D eigenvalue weighted by Gasteiger charge is -2.35. The molecule has 0 atom stereocenters. The number of halogens is 1. The van der Waals surface area contributed by atoms with Crippen LogP contribution in [0.15, 0.2) is 29.6 Å². The van der Waals surface area contributed by atoms with Gasteiger partial charge >= 0.3 is 0 Å². The maximum Gasteiger partial charge on any atom is 0.222 e. The number of benzene rings is 1. The Kier molecular flexibility index (Phi) is 6.37. The Morgan fingerprint density at radius 1 is 1.07 bits per heavy atom. The maximum absolute atomic E-state index is 13.1. The molecule has 2 heterocycles. The summed E-state index contributed by atoms with van der Waals surface area (Å²) in [6, 6.07) is 6.48. The SMILES string of the molecule is O=C(CC1CCCCC1)N1CCN(Cc2nc(-c3ccc(F)cc3)cs2)CC1. The van der Waals surface area contributed by atoms with Crippen molar-refractivity contribution in [1.29, 1.82) is 0 Å². The summed E-state index contributed by atoms with van der Waals surface area (Å²) in [6.45, 7) is 4.27.